The third kappa shape index (κ3) is 3.58. The molecule has 1 amide bonds. The minimum atomic E-state index is -0.102. The number of aromatic nitrogens is 3. The summed E-state index contributed by atoms with van der Waals surface area (Å²) in [6.07, 6.45) is 3.10. The summed E-state index contributed by atoms with van der Waals surface area (Å²) in [5.41, 5.74) is 8.44. The van der Waals surface area contributed by atoms with Gasteiger partial charge in [0.25, 0.3) is 5.91 Å². The first-order valence-electron chi connectivity index (χ1n) is 11.3. The molecule has 5 heteroatoms. The second-order valence-electron chi connectivity index (χ2n) is 8.82. The summed E-state index contributed by atoms with van der Waals surface area (Å²) in [4.78, 5) is 18.6. The molecule has 0 saturated heterocycles. The largest absolute Gasteiger partial charge is 0.321 e. The molecule has 0 unspecified atom stereocenters. The van der Waals surface area contributed by atoms with Crippen LogP contribution in [0.4, 0.5) is 5.69 Å². The molecule has 4 aromatic rings. The van der Waals surface area contributed by atoms with E-state index in [-0.39, 0.29) is 5.91 Å². The Bertz CT molecular complexity index is 1330. The number of carbonyl (C=O) groups excluding carboxylic acids is 1. The van der Waals surface area contributed by atoms with Crippen LogP contribution in [0.15, 0.2) is 48.5 Å². The molecule has 32 heavy (non-hydrogen) atoms. The molecule has 2 aromatic carbocycles. The minimum Gasteiger partial charge on any atom is -0.321 e. The highest BCUT2D eigenvalue weighted by Crippen LogP contribution is 2.41. The van der Waals surface area contributed by atoms with Crippen molar-refractivity contribution in [3.63, 3.8) is 0 Å². The maximum Gasteiger partial charge on any atom is 0.256 e. The summed E-state index contributed by atoms with van der Waals surface area (Å²) < 4.78 is 1.87. The van der Waals surface area contributed by atoms with Crippen LogP contribution in [0.5, 0.6) is 0 Å². The van der Waals surface area contributed by atoms with Gasteiger partial charge in [-0.25, -0.2) is 9.67 Å². The highest BCUT2D eigenvalue weighted by Gasteiger charge is 2.29. The number of carbonyl (C=O) groups is 1. The van der Waals surface area contributed by atoms with Gasteiger partial charge in [0.05, 0.1) is 22.3 Å². The lowest BCUT2D eigenvalue weighted by Crippen LogP contribution is -2.16. The predicted octanol–water partition coefficient (Wildman–Crippen LogP) is 6.04. The van der Waals surface area contributed by atoms with E-state index in [9.17, 15) is 4.79 Å². The number of rotatable bonds is 5. The molecular weight excluding hydrogens is 396 g/mol. The van der Waals surface area contributed by atoms with E-state index >= 15 is 0 Å². The van der Waals surface area contributed by atoms with Crippen LogP contribution in [0.2, 0.25) is 0 Å². The molecule has 5 nitrogen and oxygen atoms in total. The quantitative estimate of drug-likeness (QED) is 0.425. The maximum atomic E-state index is 13.6. The Balaban J connectivity index is 1.66. The van der Waals surface area contributed by atoms with Gasteiger partial charge < -0.3 is 5.32 Å². The lowest BCUT2D eigenvalue weighted by Gasteiger charge is -2.14. The molecule has 1 fully saturated rings. The van der Waals surface area contributed by atoms with Gasteiger partial charge in [-0.05, 0) is 69.4 Å². The van der Waals surface area contributed by atoms with Crippen molar-refractivity contribution in [3.8, 4) is 5.69 Å². The third-order valence-electron chi connectivity index (χ3n) is 6.33. The third-order valence-corrected chi connectivity index (χ3v) is 6.33. The first kappa shape index (κ1) is 20.4. The molecule has 1 saturated carbocycles. The molecular formula is C27H28N4O. The van der Waals surface area contributed by atoms with Gasteiger partial charge in [0.15, 0.2) is 5.65 Å². The first-order chi connectivity index (χ1) is 15.5. The Kier molecular flexibility index (Phi) is 5.04. The van der Waals surface area contributed by atoms with Crippen LogP contribution >= 0.6 is 0 Å². The van der Waals surface area contributed by atoms with E-state index < -0.39 is 0 Å². The lowest BCUT2D eigenvalue weighted by atomic mass is 10.0. The number of nitrogens with one attached hydrogen (secondary N) is 1. The summed E-state index contributed by atoms with van der Waals surface area (Å²) in [6.45, 7) is 8.16. The average Bonchev–Trinajstić information content (AvgIpc) is 3.59. The van der Waals surface area contributed by atoms with Gasteiger partial charge in [0.2, 0.25) is 0 Å². The summed E-state index contributed by atoms with van der Waals surface area (Å²) >= 11 is 0. The average molecular weight is 425 g/mol. The maximum absolute atomic E-state index is 13.6. The number of benzene rings is 2. The molecule has 0 bridgehead atoms. The zero-order valence-corrected chi connectivity index (χ0v) is 19.1. The Morgan fingerprint density at radius 1 is 1.09 bits per heavy atom. The molecule has 1 aliphatic rings. The second-order valence-corrected chi connectivity index (χ2v) is 8.82. The van der Waals surface area contributed by atoms with E-state index in [1.165, 1.54) is 5.56 Å². The Morgan fingerprint density at radius 2 is 1.84 bits per heavy atom. The fourth-order valence-corrected chi connectivity index (χ4v) is 4.32. The number of amides is 1. The van der Waals surface area contributed by atoms with Crippen molar-refractivity contribution in [2.75, 3.05) is 5.32 Å². The van der Waals surface area contributed by atoms with Crippen LogP contribution in [0.1, 0.15) is 64.1 Å². The van der Waals surface area contributed by atoms with Gasteiger partial charge in [-0.15, -0.1) is 0 Å². The number of aryl methyl sites for hydroxylation is 4. The van der Waals surface area contributed by atoms with Gasteiger partial charge in [-0.2, -0.15) is 5.10 Å². The van der Waals surface area contributed by atoms with E-state index in [1.807, 2.05) is 48.9 Å². The van der Waals surface area contributed by atoms with E-state index in [1.54, 1.807) is 0 Å². The number of anilines is 1. The number of pyridine rings is 1. The van der Waals surface area contributed by atoms with Crippen molar-refractivity contribution in [1.29, 1.82) is 0 Å². The number of fused-ring (bicyclic) bond motifs is 1. The van der Waals surface area contributed by atoms with Gasteiger partial charge in [0, 0.05) is 17.3 Å². The van der Waals surface area contributed by atoms with E-state index in [0.29, 0.717) is 11.5 Å². The van der Waals surface area contributed by atoms with Crippen LogP contribution in [-0.4, -0.2) is 20.7 Å². The van der Waals surface area contributed by atoms with Gasteiger partial charge >= 0.3 is 0 Å². The zero-order chi connectivity index (χ0) is 22.4. The molecule has 1 aliphatic carbocycles. The van der Waals surface area contributed by atoms with Crippen LogP contribution < -0.4 is 5.32 Å². The van der Waals surface area contributed by atoms with Crippen molar-refractivity contribution in [2.24, 2.45) is 0 Å². The van der Waals surface area contributed by atoms with Crippen LogP contribution in [0.25, 0.3) is 16.7 Å². The van der Waals surface area contributed by atoms with Crippen LogP contribution in [0, 0.1) is 20.8 Å². The Labute approximate surface area is 188 Å². The van der Waals surface area contributed by atoms with Crippen molar-refractivity contribution >= 4 is 22.6 Å². The van der Waals surface area contributed by atoms with Gasteiger partial charge in [-0.1, -0.05) is 42.8 Å². The van der Waals surface area contributed by atoms with Crippen molar-refractivity contribution < 1.29 is 4.79 Å². The standard InChI is InChI=1S/C27H28N4O/c1-5-19-8-6-7-17(3)25(19)29-27(32)22-15-23(20-11-12-20)28-26-24(22)18(4)30-31(26)21-13-9-16(2)10-14-21/h6-10,13-15,20H,5,11-12H2,1-4H3,(H,29,32). The molecule has 1 N–H and O–H groups in total. The summed E-state index contributed by atoms with van der Waals surface area (Å²) in [6, 6.07) is 16.4. The lowest BCUT2D eigenvalue weighted by molar-refractivity contribution is 0.102. The number of hydrogen-bond donors (Lipinski definition) is 1. The molecule has 2 aromatic heterocycles. The van der Waals surface area contributed by atoms with Gasteiger partial charge in [0.1, 0.15) is 0 Å². The van der Waals surface area contributed by atoms with E-state index in [0.717, 1.165) is 64.2 Å². The zero-order valence-electron chi connectivity index (χ0n) is 19.1. The monoisotopic (exact) mass is 424 g/mol. The summed E-state index contributed by atoms with van der Waals surface area (Å²) in [5.74, 6) is 0.326. The first-order valence-corrected chi connectivity index (χ1v) is 11.3. The molecule has 162 valence electrons. The van der Waals surface area contributed by atoms with Crippen LogP contribution in [0.3, 0.4) is 0 Å². The van der Waals surface area contributed by atoms with Crippen molar-refractivity contribution in [3.05, 3.63) is 82.2 Å². The predicted molar refractivity (Wildman–Crippen MR) is 129 cm³/mol. The normalized spacial score (nSPS) is 13.5. The Hall–Kier alpha value is -3.47. The van der Waals surface area contributed by atoms with Crippen LogP contribution in [-0.2, 0) is 6.42 Å². The Morgan fingerprint density at radius 3 is 2.53 bits per heavy atom. The molecule has 2 heterocycles. The van der Waals surface area contributed by atoms with Crippen molar-refractivity contribution in [2.45, 2.75) is 52.9 Å². The number of para-hydroxylation sites is 1. The van der Waals surface area contributed by atoms with E-state index in [4.69, 9.17) is 10.1 Å². The van der Waals surface area contributed by atoms with E-state index in [2.05, 4.69) is 37.4 Å². The van der Waals surface area contributed by atoms with Gasteiger partial charge in [-0.3, -0.25) is 4.79 Å². The number of hydrogen-bond acceptors (Lipinski definition) is 3. The molecule has 0 spiro atoms. The fourth-order valence-electron chi connectivity index (χ4n) is 4.32. The molecule has 0 radical (unpaired) electrons. The molecule has 5 rings (SSSR count). The summed E-state index contributed by atoms with van der Waals surface area (Å²) in [5, 5.41) is 8.81. The summed E-state index contributed by atoms with van der Waals surface area (Å²) in [7, 11) is 0. The molecule has 0 atom stereocenters. The SMILES string of the molecule is CCc1cccc(C)c1NC(=O)c1cc(C2CC2)nc2c1c(C)nn2-c1ccc(C)cc1. The molecule has 0 aliphatic heterocycles. The highest BCUT2D eigenvalue weighted by molar-refractivity contribution is 6.13. The van der Waals surface area contributed by atoms with Crippen molar-refractivity contribution in [1.82, 2.24) is 14.8 Å². The second kappa shape index (κ2) is 7.90. The minimum absolute atomic E-state index is 0.102. The topological polar surface area (TPSA) is 59.8 Å². The fraction of sp³-hybridized carbons (Fsp3) is 0.296. The number of nitrogens with zero attached hydrogens (tertiary/aromatic N) is 3. The highest BCUT2D eigenvalue weighted by atomic mass is 16.1. The smallest absolute Gasteiger partial charge is 0.256 e.